The number of carboxylic acid groups (broad SMARTS) is 1. The molecule has 25 heavy (non-hydrogen) atoms. The number of pyridine rings is 1. The first-order valence-electron chi connectivity index (χ1n) is 7.41. The average Bonchev–Trinajstić information content (AvgIpc) is 2.60. The van der Waals surface area contributed by atoms with Gasteiger partial charge in [-0.1, -0.05) is 23.8 Å². The summed E-state index contributed by atoms with van der Waals surface area (Å²) in [6, 6.07) is 10.2. The number of benzene rings is 1. The summed E-state index contributed by atoms with van der Waals surface area (Å²) < 4.78 is 1.76. The number of aromatic carboxylic acids is 1. The maximum atomic E-state index is 12.7. The van der Waals surface area contributed by atoms with E-state index in [0.29, 0.717) is 11.3 Å². The van der Waals surface area contributed by atoms with Crippen LogP contribution in [0.5, 0.6) is 0 Å². The van der Waals surface area contributed by atoms with E-state index >= 15 is 0 Å². The van der Waals surface area contributed by atoms with E-state index in [1.807, 2.05) is 6.92 Å². The Kier molecular flexibility index (Phi) is 4.25. The Morgan fingerprint density at radius 3 is 2.48 bits per heavy atom. The zero-order valence-electron chi connectivity index (χ0n) is 13.3. The van der Waals surface area contributed by atoms with Crippen LogP contribution in [-0.4, -0.2) is 30.4 Å². The molecule has 1 aromatic carbocycles. The van der Waals surface area contributed by atoms with Gasteiger partial charge >= 0.3 is 11.7 Å². The van der Waals surface area contributed by atoms with Crippen molar-refractivity contribution < 1.29 is 9.90 Å². The molecule has 0 unspecified atom stereocenters. The van der Waals surface area contributed by atoms with Gasteiger partial charge in [-0.25, -0.2) is 9.59 Å². The van der Waals surface area contributed by atoms with Crippen molar-refractivity contribution in [1.29, 1.82) is 0 Å². The highest BCUT2D eigenvalue weighted by atomic mass is 16.4. The molecule has 0 saturated heterocycles. The van der Waals surface area contributed by atoms with Gasteiger partial charge in [0.25, 0.3) is 5.56 Å². The van der Waals surface area contributed by atoms with E-state index < -0.39 is 22.9 Å². The van der Waals surface area contributed by atoms with Gasteiger partial charge in [0, 0.05) is 12.4 Å². The quantitative estimate of drug-likeness (QED) is 0.755. The largest absolute Gasteiger partial charge is 0.476 e. The fourth-order valence-corrected chi connectivity index (χ4v) is 2.32. The van der Waals surface area contributed by atoms with Crippen molar-refractivity contribution in [2.24, 2.45) is 0 Å². The number of hydrogen-bond donors (Lipinski definition) is 1. The average molecular weight is 338 g/mol. The van der Waals surface area contributed by atoms with Gasteiger partial charge in [0.15, 0.2) is 0 Å². The third-order valence-corrected chi connectivity index (χ3v) is 3.60. The van der Waals surface area contributed by atoms with Crippen LogP contribution in [0.1, 0.15) is 21.6 Å². The van der Waals surface area contributed by atoms with Gasteiger partial charge in [-0.3, -0.25) is 14.3 Å². The SMILES string of the molecule is Cc1ccc(-n2nc(C(=O)O)c(=O)n(Cc3cccnc3)c2=O)cc1. The summed E-state index contributed by atoms with van der Waals surface area (Å²) in [5, 5.41) is 13.0. The molecule has 0 amide bonds. The lowest BCUT2D eigenvalue weighted by atomic mass is 10.2. The minimum absolute atomic E-state index is 0.0971. The minimum atomic E-state index is -1.49. The second-order valence-corrected chi connectivity index (χ2v) is 5.44. The van der Waals surface area contributed by atoms with E-state index in [1.54, 1.807) is 42.6 Å². The van der Waals surface area contributed by atoms with Gasteiger partial charge in [0.1, 0.15) is 0 Å². The van der Waals surface area contributed by atoms with Gasteiger partial charge in [-0.2, -0.15) is 9.78 Å². The Balaban J connectivity index is 2.23. The van der Waals surface area contributed by atoms with Crippen molar-refractivity contribution in [3.05, 3.63) is 86.5 Å². The van der Waals surface area contributed by atoms with Gasteiger partial charge in [-0.15, -0.1) is 0 Å². The highest BCUT2D eigenvalue weighted by Gasteiger charge is 2.19. The molecule has 0 aliphatic rings. The lowest BCUT2D eigenvalue weighted by Crippen LogP contribution is -2.44. The molecule has 0 fully saturated rings. The van der Waals surface area contributed by atoms with Crippen LogP contribution in [0.25, 0.3) is 5.69 Å². The Hall–Kier alpha value is -3.55. The highest BCUT2D eigenvalue weighted by molar-refractivity contribution is 5.84. The molecule has 3 aromatic rings. The van der Waals surface area contributed by atoms with Crippen molar-refractivity contribution >= 4 is 5.97 Å². The molecule has 0 radical (unpaired) electrons. The molecule has 1 N–H and O–H groups in total. The summed E-state index contributed by atoms with van der Waals surface area (Å²) in [6.45, 7) is 1.78. The predicted molar refractivity (Wildman–Crippen MR) is 89.1 cm³/mol. The number of hydrogen-bond acceptors (Lipinski definition) is 5. The van der Waals surface area contributed by atoms with Crippen molar-refractivity contribution in [3.8, 4) is 5.69 Å². The predicted octanol–water partition coefficient (Wildman–Crippen LogP) is 0.844. The van der Waals surface area contributed by atoms with Gasteiger partial charge < -0.3 is 5.11 Å². The maximum absolute atomic E-state index is 12.7. The summed E-state index contributed by atoms with van der Waals surface area (Å²) in [7, 11) is 0. The third-order valence-electron chi connectivity index (χ3n) is 3.60. The Labute approximate surface area is 141 Å². The van der Waals surface area contributed by atoms with Crippen molar-refractivity contribution in [1.82, 2.24) is 19.3 Å². The van der Waals surface area contributed by atoms with Crippen molar-refractivity contribution in [2.45, 2.75) is 13.5 Å². The molecular formula is C17H14N4O4. The first-order valence-corrected chi connectivity index (χ1v) is 7.41. The third kappa shape index (κ3) is 3.23. The molecule has 8 nitrogen and oxygen atoms in total. The van der Waals surface area contributed by atoms with Crippen LogP contribution in [0.4, 0.5) is 0 Å². The second kappa shape index (κ2) is 6.52. The second-order valence-electron chi connectivity index (χ2n) is 5.44. The molecule has 3 rings (SSSR count). The molecule has 0 bridgehead atoms. The van der Waals surface area contributed by atoms with Crippen LogP contribution in [0, 0.1) is 6.92 Å². The summed E-state index contributed by atoms with van der Waals surface area (Å²) in [4.78, 5) is 40.4. The number of aromatic nitrogens is 4. The smallest absolute Gasteiger partial charge is 0.362 e. The fraction of sp³-hybridized carbons (Fsp3) is 0.118. The van der Waals surface area contributed by atoms with E-state index in [9.17, 15) is 19.5 Å². The van der Waals surface area contributed by atoms with Crippen LogP contribution in [0.15, 0.2) is 58.4 Å². The molecule has 0 aliphatic carbocycles. The van der Waals surface area contributed by atoms with Crippen LogP contribution in [-0.2, 0) is 6.54 Å². The van der Waals surface area contributed by atoms with E-state index in [1.165, 1.54) is 6.20 Å². The first-order chi connectivity index (χ1) is 12.0. The fourth-order valence-electron chi connectivity index (χ4n) is 2.32. The standard InChI is InChI=1S/C17H14N4O4/c1-11-4-6-13(7-5-11)21-17(25)20(10-12-3-2-8-18-9-12)15(22)14(19-21)16(23)24/h2-9H,10H2,1H3,(H,23,24). The molecule has 8 heteroatoms. The summed E-state index contributed by atoms with van der Waals surface area (Å²) in [6.07, 6.45) is 3.06. The lowest BCUT2D eigenvalue weighted by Gasteiger charge is -2.11. The van der Waals surface area contributed by atoms with Crippen LogP contribution in [0.3, 0.4) is 0 Å². The zero-order valence-corrected chi connectivity index (χ0v) is 13.3. The Morgan fingerprint density at radius 2 is 1.88 bits per heavy atom. The molecule has 0 atom stereocenters. The van der Waals surface area contributed by atoms with Crippen molar-refractivity contribution in [2.75, 3.05) is 0 Å². The van der Waals surface area contributed by atoms with E-state index in [4.69, 9.17) is 0 Å². The normalized spacial score (nSPS) is 10.6. The molecule has 2 aromatic heterocycles. The van der Waals surface area contributed by atoms with Crippen LogP contribution in [0.2, 0.25) is 0 Å². The number of rotatable bonds is 4. The molecule has 0 saturated carbocycles. The summed E-state index contributed by atoms with van der Waals surface area (Å²) in [5.74, 6) is -1.49. The Morgan fingerprint density at radius 1 is 1.16 bits per heavy atom. The monoisotopic (exact) mass is 338 g/mol. The number of aryl methyl sites for hydroxylation is 1. The lowest BCUT2D eigenvalue weighted by molar-refractivity contribution is 0.0684. The van der Waals surface area contributed by atoms with E-state index in [-0.39, 0.29) is 6.54 Å². The van der Waals surface area contributed by atoms with Crippen LogP contribution >= 0.6 is 0 Å². The molecule has 0 spiro atoms. The first kappa shape index (κ1) is 16.3. The minimum Gasteiger partial charge on any atom is -0.476 e. The Bertz CT molecular complexity index is 1040. The summed E-state index contributed by atoms with van der Waals surface area (Å²) in [5.41, 5.74) is -0.451. The molecule has 2 heterocycles. The van der Waals surface area contributed by atoms with E-state index in [2.05, 4.69) is 10.1 Å². The molecule has 126 valence electrons. The van der Waals surface area contributed by atoms with Gasteiger partial charge in [0.2, 0.25) is 5.69 Å². The topological polar surface area (TPSA) is 107 Å². The van der Waals surface area contributed by atoms with Gasteiger partial charge in [-0.05, 0) is 30.7 Å². The van der Waals surface area contributed by atoms with Gasteiger partial charge in [0.05, 0.1) is 12.2 Å². The molecule has 0 aliphatic heterocycles. The highest BCUT2D eigenvalue weighted by Crippen LogP contribution is 2.06. The van der Waals surface area contributed by atoms with E-state index in [0.717, 1.165) is 14.8 Å². The number of carbonyl (C=O) groups is 1. The van der Waals surface area contributed by atoms with Crippen molar-refractivity contribution in [3.63, 3.8) is 0 Å². The zero-order chi connectivity index (χ0) is 18.0. The molecular weight excluding hydrogens is 324 g/mol. The number of nitrogens with zero attached hydrogens (tertiary/aromatic N) is 4. The van der Waals surface area contributed by atoms with Crippen LogP contribution < -0.4 is 11.2 Å². The summed E-state index contributed by atoms with van der Waals surface area (Å²) >= 11 is 0. The maximum Gasteiger partial charge on any atom is 0.362 e. The number of carboxylic acids is 1.